The number of carbonyl (C=O) groups is 1. The van der Waals surface area contributed by atoms with E-state index in [1.165, 1.54) is 11.3 Å². The van der Waals surface area contributed by atoms with E-state index < -0.39 is 5.60 Å². The van der Waals surface area contributed by atoms with E-state index in [9.17, 15) is 4.79 Å². The van der Waals surface area contributed by atoms with Crippen molar-refractivity contribution in [3.8, 4) is 0 Å². The number of thiazole rings is 1. The summed E-state index contributed by atoms with van der Waals surface area (Å²) in [5, 5.41) is 7.43. The number of anilines is 1. The van der Waals surface area contributed by atoms with E-state index >= 15 is 0 Å². The van der Waals surface area contributed by atoms with E-state index in [4.69, 9.17) is 4.84 Å². The van der Waals surface area contributed by atoms with E-state index in [1.54, 1.807) is 13.1 Å². The molecule has 1 atom stereocenters. The molecule has 0 aliphatic carbocycles. The number of nitrogens with zero attached hydrogens (tertiary/aromatic N) is 2. The first-order valence-electron chi connectivity index (χ1n) is 6.61. The molecule has 0 saturated carbocycles. The van der Waals surface area contributed by atoms with Crippen LogP contribution in [-0.4, -0.2) is 22.2 Å². The van der Waals surface area contributed by atoms with Gasteiger partial charge < -0.3 is 4.84 Å². The molecule has 2 heterocycles. The van der Waals surface area contributed by atoms with Crippen LogP contribution in [0.3, 0.4) is 0 Å². The molecule has 1 aliphatic rings. The van der Waals surface area contributed by atoms with Crippen LogP contribution in [0, 0.1) is 6.92 Å². The molecule has 0 saturated heterocycles. The molecule has 3 rings (SSSR count). The first-order valence-corrected chi connectivity index (χ1v) is 7.43. The van der Waals surface area contributed by atoms with E-state index in [2.05, 4.69) is 15.5 Å². The van der Waals surface area contributed by atoms with Crippen molar-refractivity contribution in [2.24, 2.45) is 5.16 Å². The summed E-state index contributed by atoms with van der Waals surface area (Å²) in [5.41, 5.74) is 0.757. The number of benzene rings is 1. The lowest BCUT2D eigenvalue weighted by Gasteiger charge is -2.19. The largest absolute Gasteiger partial charge is 0.379 e. The smallest absolute Gasteiger partial charge is 0.273 e. The van der Waals surface area contributed by atoms with Crippen LogP contribution in [0.5, 0.6) is 0 Å². The highest BCUT2D eigenvalue weighted by atomic mass is 32.1. The lowest BCUT2D eigenvalue weighted by molar-refractivity contribution is -0.135. The molecule has 0 fully saturated rings. The second kappa shape index (κ2) is 5.29. The van der Waals surface area contributed by atoms with E-state index in [1.807, 2.05) is 37.3 Å². The fourth-order valence-corrected chi connectivity index (χ4v) is 2.75. The van der Waals surface area contributed by atoms with Crippen molar-refractivity contribution in [2.45, 2.75) is 25.9 Å². The van der Waals surface area contributed by atoms with Crippen LogP contribution < -0.4 is 5.32 Å². The normalized spacial score (nSPS) is 20.8. The predicted octanol–water partition coefficient (Wildman–Crippen LogP) is 2.97. The summed E-state index contributed by atoms with van der Waals surface area (Å²) >= 11 is 1.43. The molecule has 1 amide bonds. The number of rotatable bonds is 3. The molecule has 21 heavy (non-hydrogen) atoms. The van der Waals surface area contributed by atoms with Gasteiger partial charge in [-0.05, 0) is 19.4 Å². The van der Waals surface area contributed by atoms with Crippen LogP contribution in [0.25, 0.3) is 0 Å². The molecule has 0 unspecified atom stereocenters. The van der Waals surface area contributed by atoms with Crippen LogP contribution in [-0.2, 0) is 9.63 Å². The lowest BCUT2D eigenvalue weighted by Crippen LogP contribution is -2.40. The van der Waals surface area contributed by atoms with Gasteiger partial charge in [-0.25, -0.2) is 4.98 Å². The predicted molar refractivity (Wildman–Crippen MR) is 82.6 cm³/mol. The Bertz CT molecular complexity index is 696. The topological polar surface area (TPSA) is 63.6 Å². The van der Waals surface area contributed by atoms with Gasteiger partial charge in [-0.1, -0.05) is 35.5 Å². The fraction of sp³-hybridized carbons (Fsp3) is 0.267. The Morgan fingerprint density at radius 2 is 2.14 bits per heavy atom. The molecule has 0 bridgehead atoms. The van der Waals surface area contributed by atoms with Crippen molar-refractivity contribution < 1.29 is 9.63 Å². The molecule has 1 N–H and O–H groups in total. The molecular formula is C15H15N3O2S. The third kappa shape index (κ3) is 2.80. The molecular weight excluding hydrogens is 286 g/mol. The van der Waals surface area contributed by atoms with Crippen LogP contribution >= 0.6 is 11.3 Å². The molecule has 108 valence electrons. The van der Waals surface area contributed by atoms with E-state index in [-0.39, 0.29) is 5.91 Å². The highest BCUT2D eigenvalue weighted by molar-refractivity contribution is 7.15. The Kier molecular flexibility index (Phi) is 3.47. The number of aryl methyl sites for hydroxylation is 1. The number of hydrogen-bond acceptors (Lipinski definition) is 5. The van der Waals surface area contributed by atoms with Crippen molar-refractivity contribution in [1.29, 1.82) is 0 Å². The molecule has 5 nitrogen and oxygen atoms in total. The molecule has 0 radical (unpaired) electrons. The Morgan fingerprint density at radius 3 is 2.81 bits per heavy atom. The Balaban J connectivity index is 1.71. The summed E-state index contributed by atoms with van der Waals surface area (Å²) in [7, 11) is 0. The first-order chi connectivity index (χ1) is 10.1. The average molecular weight is 301 g/mol. The Morgan fingerprint density at radius 1 is 1.38 bits per heavy atom. The van der Waals surface area contributed by atoms with Crippen LogP contribution in [0.15, 0.2) is 41.7 Å². The molecule has 1 aromatic heterocycles. The number of oxime groups is 1. The van der Waals surface area contributed by atoms with Crippen molar-refractivity contribution in [3.63, 3.8) is 0 Å². The standard InChI is InChI=1S/C15H15N3O2S/c1-10-9-16-14(21-10)17-13(19)15(2)8-12(18-20-15)11-6-4-3-5-7-11/h3-7,9H,8H2,1-2H3,(H,16,17,19)/t15-/m0/s1. The van der Waals surface area contributed by atoms with E-state index in [0.29, 0.717) is 11.6 Å². The second-order valence-electron chi connectivity index (χ2n) is 5.13. The highest BCUT2D eigenvalue weighted by Crippen LogP contribution is 2.28. The number of hydrogen-bond donors (Lipinski definition) is 1. The van der Waals surface area contributed by atoms with Crippen LogP contribution in [0.2, 0.25) is 0 Å². The summed E-state index contributed by atoms with van der Waals surface area (Å²) in [5.74, 6) is -0.230. The summed E-state index contributed by atoms with van der Waals surface area (Å²) in [6, 6.07) is 9.72. The lowest BCUT2D eigenvalue weighted by atomic mass is 9.95. The number of nitrogens with one attached hydrogen (secondary N) is 1. The number of carbonyl (C=O) groups excluding carboxylic acids is 1. The SMILES string of the molecule is Cc1cnc(NC(=O)[C@]2(C)CC(c3ccccc3)=NO2)s1. The average Bonchev–Trinajstić information content (AvgIpc) is 3.07. The molecule has 2 aromatic rings. The third-order valence-corrected chi connectivity index (χ3v) is 4.12. The molecule has 1 aliphatic heterocycles. The Labute approximate surface area is 126 Å². The fourth-order valence-electron chi connectivity index (χ4n) is 2.09. The Hall–Kier alpha value is -2.21. The van der Waals surface area contributed by atoms with Crippen molar-refractivity contribution in [1.82, 2.24) is 4.98 Å². The van der Waals surface area contributed by atoms with Gasteiger partial charge in [0.1, 0.15) is 0 Å². The van der Waals surface area contributed by atoms with Crippen molar-refractivity contribution in [2.75, 3.05) is 5.32 Å². The summed E-state index contributed by atoms with van der Waals surface area (Å²) in [6.45, 7) is 3.68. The molecule has 0 spiro atoms. The third-order valence-electron chi connectivity index (χ3n) is 3.29. The van der Waals surface area contributed by atoms with Gasteiger partial charge in [0, 0.05) is 17.5 Å². The van der Waals surface area contributed by atoms with Gasteiger partial charge in [-0.15, -0.1) is 11.3 Å². The minimum Gasteiger partial charge on any atom is -0.379 e. The van der Waals surface area contributed by atoms with Crippen LogP contribution in [0.1, 0.15) is 23.8 Å². The summed E-state index contributed by atoms with van der Waals surface area (Å²) in [6.07, 6.45) is 2.16. The number of amides is 1. The van der Waals surface area contributed by atoms with Gasteiger partial charge in [0.15, 0.2) is 5.13 Å². The van der Waals surface area contributed by atoms with Crippen molar-refractivity contribution >= 4 is 28.1 Å². The minimum absolute atomic E-state index is 0.230. The van der Waals surface area contributed by atoms with Crippen LogP contribution in [0.4, 0.5) is 5.13 Å². The summed E-state index contributed by atoms with van der Waals surface area (Å²) in [4.78, 5) is 23.0. The summed E-state index contributed by atoms with van der Waals surface area (Å²) < 4.78 is 0. The van der Waals surface area contributed by atoms with Gasteiger partial charge in [-0.3, -0.25) is 10.1 Å². The highest BCUT2D eigenvalue weighted by Gasteiger charge is 2.42. The van der Waals surface area contributed by atoms with E-state index in [0.717, 1.165) is 16.2 Å². The quantitative estimate of drug-likeness (QED) is 0.948. The van der Waals surface area contributed by atoms with Gasteiger partial charge >= 0.3 is 0 Å². The first kappa shape index (κ1) is 13.8. The molecule has 1 aromatic carbocycles. The van der Waals surface area contributed by atoms with Gasteiger partial charge in [0.05, 0.1) is 5.71 Å². The maximum absolute atomic E-state index is 12.4. The second-order valence-corrected chi connectivity index (χ2v) is 6.37. The van der Waals surface area contributed by atoms with Gasteiger partial charge in [0.2, 0.25) is 5.60 Å². The zero-order valence-electron chi connectivity index (χ0n) is 11.8. The van der Waals surface area contributed by atoms with Gasteiger partial charge in [-0.2, -0.15) is 0 Å². The zero-order chi connectivity index (χ0) is 14.9. The maximum Gasteiger partial charge on any atom is 0.273 e. The molecule has 6 heteroatoms. The number of aromatic nitrogens is 1. The zero-order valence-corrected chi connectivity index (χ0v) is 12.6. The minimum atomic E-state index is -0.995. The van der Waals surface area contributed by atoms with Crippen molar-refractivity contribution in [3.05, 3.63) is 47.0 Å². The maximum atomic E-state index is 12.4. The monoisotopic (exact) mass is 301 g/mol. The van der Waals surface area contributed by atoms with Gasteiger partial charge in [0.25, 0.3) is 5.91 Å².